The zero-order valence-electron chi connectivity index (χ0n) is 6.37. The topological polar surface area (TPSA) is 47.3 Å². The van der Waals surface area contributed by atoms with Crippen molar-refractivity contribution in [1.82, 2.24) is 4.90 Å². The van der Waals surface area contributed by atoms with Gasteiger partial charge in [0.1, 0.15) is 11.0 Å². The summed E-state index contributed by atoms with van der Waals surface area (Å²) in [6, 6.07) is 2.12. The molecule has 60 valence electrons. The van der Waals surface area contributed by atoms with Crippen LogP contribution in [0.15, 0.2) is 10.6 Å². The van der Waals surface area contributed by atoms with E-state index in [1.54, 1.807) is 0 Å². The summed E-state index contributed by atoms with van der Waals surface area (Å²) in [5.41, 5.74) is 0.992. The Morgan fingerprint density at radius 3 is 3.00 bits per heavy atom. The van der Waals surface area contributed by atoms with Crippen molar-refractivity contribution in [3.05, 3.63) is 10.6 Å². The molecule has 1 N–H and O–H groups in total. The molecule has 0 aromatic carbocycles. The van der Waals surface area contributed by atoms with Crippen LogP contribution in [0.25, 0.3) is 0 Å². The molecule has 0 aromatic rings. The Bertz CT molecular complexity index is 219. The van der Waals surface area contributed by atoms with Gasteiger partial charge in [-0.05, 0) is 6.92 Å². The van der Waals surface area contributed by atoms with Gasteiger partial charge in [0.15, 0.2) is 0 Å². The summed E-state index contributed by atoms with van der Waals surface area (Å²) >= 11 is 1.53. The third-order valence-electron chi connectivity index (χ3n) is 1.64. The van der Waals surface area contributed by atoms with Gasteiger partial charge in [-0.25, -0.2) is 0 Å². The molecule has 1 heterocycles. The summed E-state index contributed by atoms with van der Waals surface area (Å²) in [6.45, 7) is 2.69. The zero-order valence-corrected chi connectivity index (χ0v) is 7.19. The van der Waals surface area contributed by atoms with Gasteiger partial charge in [-0.15, -0.1) is 0 Å². The van der Waals surface area contributed by atoms with E-state index >= 15 is 0 Å². The van der Waals surface area contributed by atoms with Gasteiger partial charge in [-0.3, -0.25) is 0 Å². The molecule has 3 nitrogen and oxygen atoms in total. The van der Waals surface area contributed by atoms with Gasteiger partial charge in [0.25, 0.3) is 0 Å². The van der Waals surface area contributed by atoms with E-state index in [1.807, 2.05) is 11.8 Å². The second-order valence-corrected chi connectivity index (χ2v) is 3.24. The molecule has 0 aromatic heterocycles. The number of aliphatic hydroxyl groups is 1. The number of hydrogen-bond donors (Lipinski definition) is 1. The number of nitriles is 1. The number of hydrogen-bond acceptors (Lipinski definition) is 4. The molecule has 0 spiro atoms. The third-order valence-corrected chi connectivity index (χ3v) is 2.76. The highest BCUT2D eigenvalue weighted by molar-refractivity contribution is 8.03. The van der Waals surface area contributed by atoms with E-state index in [1.165, 1.54) is 11.8 Å². The van der Waals surface area contributed by atoms with Crippen molar-refractivity contribution in [2.45, 2.75) is 6.92 Å². The lowest BCUT2D eigenvalue weighted by atomic mass is 10.4. The van der Waals surface area contributed by atoms with Crippen LogP contribution < -0.4 is 0 Å². The summed E-state index contributed by atoms with van der Waals surface area (Å²) in [6.07, 6.45) is 0. The van der Waals surface area contributed by atoms with Crippen LogP contribution in [-0.4, -0.2) is 29.0 Å². The Balaban J connectivity index is 2.63. The molecule has 0 aliphatic carbocycles. The average Bonchev–Trinajstić information content (AvgIpc) is 2.34. The fourth-order valence-corrected chi connectivity index (χ4v) is 1.96. The van der Waals surface area contributed by atoms with Crippen molar-refractivity contribution in [1.29, 1.82) is 5.26 Å². The van der Waals surface area contributed by atoms with Crippen molar-refractivity contribution < 1.29 is 5.11 Å². The van der Waals surface area contributed by atoms with Crippen LogP contribution in [0.5, 0.6) is 0 Å². The van der Waals surface area contributed by atoms with Gasteiger partial charge in [-0.1, -0.05) is 11.8 Å². The van der Waals surface area contributed by atoms with E-state index in [-0.39, 0.29) is 6.61 Å². The zero-order chi connectivity index (χ0) is 8.27. The van der Waals surface area contributed by atoms with E-state index in [9.17, 15) is 0 Å². The first kappa shape index (κ1) is 8.44. The SMILES string of the molecule is CC1=C(C#N)SCN1CCO. The Morgan fingerprint density at radius 2 is 2.55 bits per heavy atom. The number of thioether (sulfide) groups is 1. The van der Waals surface area contributed by atoms with Crippen molar-refractivity contribution in [2.75, 3.05) is 19.0 Å². The fourth-order valence-electron chi connectivity index (χ4n) is 0.953. The monoisotopic (exact) mass is 170 g/mol. The lowest BCUT2D eigenvalue weighted by Crippen LogP contribution is -2.21. The van der Waals surface area contributed by atoms with E-state index in [0.717, 1.165) is 16.5 Å². The minimum atomic E-state index is 0.149. The van der Waals surface area contributed by atoms with Crippen LogP contribution in [0.3, 0.4) is 0 Å². The van der Waals surface area contributed by atoms with E-state index in [0.29, 0.717) is 6.54 Å². The van der Waals surface area contributed by atoms with Crippen molar-refractivity contribution in [3.63, 3.8) is 0 Å². The molecule has 0 saturated carbocycles. The minimum absolute atomic E-state index is 0.149. The van der Waals surface area contributed by atoms with Gasteiger partial charge in [0.2, 0.25) is 0 Å². The van der Waals surface area contributed by atoms with Crippen molar-refractivity contribution in [2.24, 2.45) is 0 Å². The molecular weight excluding hydrogens is 160 g/mol. The lowest BCUT2D eigenvalue weighted by molar-refractivity contribution is 0.244. The molecule has 0 unspecified atom stereocenters. The predicted molar refractivity (Wildman–Crippen MR) is 44.6 cm³/mol. The molecule has 1 rings (SSSR count). The van der Waals surface area contributed by atoms with Gasteiger partial charge < -0.3 is 10.0 Å². The van der Waals surface area contributed by atoms with Gasteiger partial charge in [0.05, 0.1) is 12.5 Å². The van der Waals surface area contributed by atoms with Crippen LogP contribution in [-0.2, 0) is 0 Å². The second kappa shape index (κ2) is 3.65. The first-order valence-electron chi connectivity index (χ1n) is 3.39. The Morgan fingerprint density at radius 1 is 1.82 bits per heavy atom. The van der Waals surface area contributed by atoms with E-state index in [4.69, 9.17) is 10.4 Å². The van der Waals surface area contributed by atoms with Crippen LogP contribution in [0.2, 0.25) is 0 Å². The number of nitrogens with zero attached hydrogens (tertiary/aromatic N) is 2. The average molecular weight is 170 g/mol. The molecule has 1 aliphatic rings. The smallest absolute Gasteiger partial charge is 0.108 e. The van der Waals surface area contributed by atoms with Crippen LogP contribution >= 0.6 is 11.8 Å². The molecule has 0 saturated heterocycles. The predicted octanol–water partition coefficient (Wildman–Crippen LogP) is 0.740. The summed E-state index contributed by atoms with van der Waals surface area (Å²) < 4.78 is 0. The second-order valence-electron chi connectivity index (χ2n) is 2.29. The fraction of sp³-hybridized carbons (Fsp3) is 0.571. The first-order chi connectivity index (χ1) is 5.29. The standard InChI is InChI=1S/C7H10N2OS/c1-6-7(4-8)11-5-9(6)2-3-10/h10H,2-3,5H2,1H3. The Labute approximate surface area is 70.3 Å². The first-order valence-corrected chi connectivity index (χ1v) is 4.37. The maximum atomic E-state index is 8.65. The summed E-state index contributed by atoms with van der Waals surface area (Å²) in [4.78, 5) is 2.78. The van der Waals surface area contributed by atoms with Crippen LogP contribution in [0, 0.1) is 11.3 Å². The molecular formula is C7H10N2OS. The van der Waals surface area contributed by atoms with Gasteiger partial charge in [0, 0.05) is 12.2 Å². The van der Waals surface area contributed by atoms with Crippen molar-refractivity contribution in [3.8, 4) is 6.07 Å². The minimum Gasteiger partial charge on any atom is -0.395 e. The molecule has 0 atom stereocenters. The highest BCUT2D eigenvalue weighted by atomic mass is 32.2. The maximum Gasteiger partial charge on any atom is 0.108 e. The largest absolute Gasteiger partial charge is 0.395 e. The Kier molecular flexibility index (Phi) is 2.80. The van der Waals surface area contributed by atoms with Crippen LogP contribution in [0.1, 0.15) is 6.92 Å². The lowest BCUT2D eigenvalue weighted by Gasteiger charge is -2.16. The number of aliphatic hydroxyl groups excluding tert-OH is 1. The molecule has 0 amide bonds. The molecule has 4 heteroatoms. The highest BCUT2D eigenvalue weighted by Crippen LogP contribution is 2.30. The Hall–Kier alpha value is -0.660. The third kappa shape index (κ3) is 1.67. The molecule has 1 aliphatic heterocycles. The van der Waals surface area contributed by atoms with E-state index in [2.05, 4.69) is 6.07 Å². The summed E-state index contributed by atoms with van der Waals surface area (Å²) in [5.74, 6) is 0.801. The highest BCUT2D eigenvalue weighted by Gasteiger charge is 2.18. The van der Waals surface area contributed by atoms with Gasteiger partial charge in [-0.2, -0.15) is 5.26 Å². The molecule has 0 fully saturated rings. The summed E-state index contributed by atoms with van der Waals surface area (Å²) in [7, 11) is 0. The quantitative estimate of drug-likeness (QED) is 0.664. The normalized spacial score (nSPS) is 17.4. The van der Waals surface area contributed by atoms with E-state index < -0.39 is 0 Å². The van der Waals surface area contributed by atoms with Crippen LogP contribution in [0.4, 0.5) is 0 Å². The molecule has 0 radical (unpaired) electrons. The number of β-amino-alcohol motifs (C(OH)–C–C–N with tert-alkyl or cyclic N) is 1. The number of rotatable bonds is 2. The number of allylic oxidation sites excluding steroid dienone is 2. The molecule has 0 bridgehead atoms. The molecule has 11 heavy (non-hydrogen) atoms. The van der Waals surface area contributed by atoms with Crippen molar-refractivity contribution >= 4 is 11.8 Å². The summed E-state index contributed by atoms with van der Waals surface area (Å²) in [5, 5.41) is 17.3. The van der Waals surface area contributed by atoms with Gasteiger partial charge >= 0.3 is 0 Å². The maximum absolute atomic E-state index is 8.65.